The van der Waals surface area contributed by atoms with Gasteiger partial charge in [0, 0.05) is 37.7 Å². The van der Waals surface area contributed by atoms with Gasteiger partial charge < -0.3 is 20.2 Å². The van der Waals surface area contributed by atoms with Crippen molar-refractivity contribution in [1.82, 2.24) is 44.6 Å². The Bertz CT molecular complexity index is 3210. The number of thiazole rings is 1. The molecule has 13 rings (SSSR count). The van der Waals surface area contributed by atoms with Gasteiger partial charge in [-0.3, -0.25) is 23.7 Å². The Morgan fingerprint density at radius 3 is 2.40 bits per heavy atom. The summed E-state index contributed by atoms with van der Waals surface area (Å²) in [7, 11) is 0. The Morgan fingerprint density at radius 2 is 1.71 bits per heavy atom. The van der Waals surface area contributed by atoms with E-state index in [9.17, 15) is 24.3 Å². The number of fused-ring (bicyclic) bond motifs is 7. The van der Waals surface area contributed by atoms with E-state index in [1.54, 1.807) is 22.1 Å². The fraction of sp³-hybridized carbons (Fsp3) is 0.500. The normalized spacial score (nSPS) is 25.2. The molecule has 4 saturated carbocycles. The minimum Gasteiger partial charge on any atom is -0.391 e. The lowest BCUT2D eigenvalue weighted by molar-refractivity contribution is -0.189. The number of hydrogen-bond donors (Lipinski definition) is 2. The molecule has 16 heteroatoms. The second-order valence-corrected chi connectivity index (χ2v) is 24.4. The first-order chi connectivity index (χ1) is 34.5. The molecule has 4 atom stereocenters. The Hall–Kier alpha value is -5.77. The third-order valence-electron chi connectivity index (χ3n) is 17.5. The molecule has 3 aromatic heterocycles. The molecule has 3 amide bonds. The number of piperidine rings is 1. The number of carbonyl (C=O) groups excluding carboxylic acids is 3. The number of aliphatic hydroxyl groups excluding tert-OH is 1. The number of rotatable bonds is 9. The van der Waals surface area contributed by atoms with Crippen LogP contribution in [0.2, 0.25) is 5.02 Å². The second-order valence-electron chi connectivity index (χ2n) is 23.2. The van der Waals surface area contributed by atoms with Gasteiger partial charge in [-0.2, -0.15) is 4.98 Å². The third kappa shape index (κ3) is 7.40. The molecule has 7 aliphatic rings. The second kappa shape index (κ2) is 17.2. The zero-order chi connectivity index (χ0) is 50.1. The van der Waals surface area contributed by atoms with E-state index in [1.165, 1.54) is 22.4 Å². The molecule has 6 aromatic rings. The van der Waals surface area contributed by atoms with E-state index >= 15 is 0 Å². The van der Waals surface area contributed by atoms with Crippen LogP contribution in [0.4, 0.5) is 0 Å². The minimum absolute atomic E-state index is 0.0464. The topological polar surface area (TPSA) is 168 Å². The van der Waals surface area contributed by atoms with Gasteiger partial charge in [0.05, 0.1) is 66.4 Å². The van der Waals surface area contributed by atoms with Gasteiger partial charge in [0.25, 0.3) is 5.56 Å². The molecular weight excluding hydrogens is 946 g/mol. The molecule has 14 nitrogen and oxygen atoms in total. The van der Waals surface area contributed by atoms with E-state index < -0.39 is 29.0 Å². The minimum atomic E-state index is -0.846. The van der Waals surface area contributed by atoms with Crippen LogP contribution in [0.5, 0.6) is 0 Å². The molecule has 72 heavy (non-hydrogen) atoms. The highest BCUT2D eigenvalue weighted by Gasteiger charge is 2.73. The number of carbonyl (C=O) groups is 3. The summed E-state index contributed by atoms with van der Waals surface area (Å²) in [6.07, 6.45) is 10.4. The van der Waals surface area contributed by atoms with Crippen LogP contribution in [0.1, 0.15) is 150 Å². The average Bonchev–Trinajstić information content (AvgIpc) is 4.14. The van der Waals surface area contributed by atoms with Crippen molar-refractivity contribution in [1.29, 1.82) is 0 Å². The number of likely N-dealkylation sites (tertiary alicyclic amines) is 2. The van der Waals surface area contributed by atoms with E-state index in [0.29, 0.717) is 48.7 Å². The quantitative estimate of drug-likeness (QED) is 0.144. The van der Waals surface area contributed by atoms with Crippen molar-refractivity contribution in [3.05, 3.63) is 122 Å². The lowest BCUT2D eigenvalue weighted by Crippen LogP contribution is -2.70. The lowest BCUT2D eigenvalue weighted by Gasteiger charge is -2.69. The van der Waals surface area contributed by atoms with Crippen molar-refractivity contribution >= 4 is 51.6 Å². The van der Waals surface area contributed by atoms with E-state index in [2.05, 4.69) is 48.3 Å². The van der Waals surface area contributed by atoms with Crippen LogP contribution < -0.4 is 10.9 Å². The van der Waals surface area contributed by atoms with Gasteiger partial charge in [0.15, 0.2) is 0 Å². The SMILES string of the molecule is Cc1ncsc1-c1ccc([C@H](C)NC(=O)[C@@H]2C[C@@H](O)CN2C(=O)[C@@H](n2cc(C34CC(C(=O)N5CCC(c6ccc7c(c6)-n6c(nc(=O)c8c(Cl)cccc86)C76CCCCC6)CC5)(C3)C4)nn2)C(C)(C)C)cc1. The summed E-state index contributed by atoms with van der Waals surface area (Å²) in [6.45, 7) is 11.3. The van der Waals surface area contributed by atoms with Gasteiger partial charge in [0.2, 0.25) is 17.7 Å². The molecule has 6 fully saturated rings. The first-order valence-electron chi connectivity index (χ1n) is 25.9. The number of amides is 3. The lowest BCUT2D eigenvalue weighted by atomic mass is 9.34. The number of aromatic nitrogens is 6. The zero-order valence-corrected chi connectivity index (χ0v) is 43.2. The van der Waals surface area contributed by atoms with Crippen molar-refractivity contribution in [3.63, 3.8) is 0 Å². The van der Waals surface area contributed by atoms with Gasteiger partial charge in [0.1, 0.15) is 17.9 Å². The van der Waals surface area contributed by atoms with Gasteiger partial charge in [-0.25, -0.2) is 9.67 Å². The van der Waals surface area contributed by atoms with Gasteiger partial charge in [-0.05, 0) is 111 Å². The Balaban J connectivity index is 0.699. The maximum absolute atomic E-state index is 14.7. The van der Waals surface area contributed by atoms with Crippen molar-refractivity contribution in [2.24, 2.45) is 10.8 Å². The smallest absolute Gasteiger partial charge is 0.282 e. The maximum Gasteiger partial charge on any atom is 0.282 e. The van der Waals surface area contributed by atoms with Crippen LogP contribution in [0.3, 0.4) is 0 Å². The Labute approximate surface area is 428 Å². The monoisotopic (exact) mass is 1010 g/mol. The number of nitrogens with zero attached hydrogens (tertiary/aromatic N) is 8. The molecule has 2 N–H and O–H groups in total. The number of nitrogens with one attached hydrogen (secondary N) is 1. The summed E-state index contributed by atoms with van der Waals surface area (Å²) in [5, 5.41) is 24.1. The van der Waals surface area contributed by atoms with E-state index in [-0.39, 0.29) is 53.1 Å². The highest BCUT2D eigenvalue weighted by molar-refractivity contribution is 7.13. The first kappa shape index (κ1) is 47.2. The summed E-state index contributed by atoms with van der Waals surface area (Å²) >= 11 is 8.23. The number of benzene rings is 3. The standard InChI is InChI=1S/C56H62ClN9O5S/c1-32(34-12-14-36(15-13-34)46-33(2)58-31-72-46)59-48(68)43-25-38(67)26-64(43)50(70)47(53(3,4)5)65-27-44(61-62-65)54-28-55(29-54,30-54)52(71)63-22-18-35(19-23-63)37-16-17-39-42(24-37)66-41-11-9-10-40(57)45(41)49(69)60-51(66)56(39)20-7-6-8-21-56/h9-17,24,27,31-32,35,38,43,47,67H,6-8,18-23,25-26,28-30H2,1-5H3,(H,59,68)/t32-,38+,43-,47+,54?,55?/m0/s1. The molecule has 0 radical (unpaired) electrons. The predicted octanol–water partition coefficient (Wildman–Crippen LogP) is 8.88. The van der Waals surface area contributed by atoms with E-state index in [1.807, 2.05) is 82.7 Å². The summed E-state index contributed by atoms with van der Waals surface area (Å²) < 4.78 is 3.86. The largest absolute Gasteiger partial charge is 0.391 e. The summed E-state index contributed by atoms with van der Waals surface area (Å²) in [6, 6.07) is 18.7. The number of aryl methyl sites for hydroxylation is 1. The maximum atomic E-state index is 14.7. The summed E-state index contributed by atoms with van der Waals surface area (Å²) in [5.41, 5.74) is 8.21. The van der Waals surface area contributed by atoms with Crippen molar-refractivity contribution in [2.75, 3.05) is 19.6 Å². The zero-order valence-electron chi connectivity index (χ0n) is 41.7. The highest BCUT2D eigenvalue weighted by atomic mass is 35.5. The molecule has 3 aliphatic heterocycles. The number of halogens is 1. The first-order valence-corrected chi connectivity index (χ1v) is 27.1. The Kier molecular flexibility index (Phi) is 11.3. The fourth-order valence-electron chi connectivity index (χ4n) is 13.9. The highest BCUT2D eigenvalue weighted by Crippen LogP contribution is 2.74. The average molecular weight is 1010 g/mol. The number of hydrogen-bond acceptors (Lipinski definition) is 10. The molecule has 0 unspecified atom stereocenters. The Morgan fingerprint density at radius 1 is 0.972 bits per heavy atom. The molecule has 2 bridgehead atoms. The van der Waals surface area contributed by atoms with Crippen molar-refractivity contribution < 1.29 is 19.5 Å². The molecule has 2 saturated heterocycles. The van der Waals surface area contributed by atoms with Crippen LogP contribution in [0.15, 0.2) is 77.2 Å². The third-order valence-corrected chi connectivity index (χ3v) is 18.8. The summed E-state index contributed by atoms with van der Waals surface area (Å²) in [4.78, 5) is 70.3. The van der Waals surface area contributed by atoms with Gasteiger partial charge in [-0.1, -0.05) is 99.3 Å². The van der Waals surface area contributed by atoms with E-state index in [0.717, 1.165) is 82.9 Å². The molecule has 4 aliphatic carbocycles. The molecule has 6 heterocycles. The van der Waals surface area contributed by atoms with Crippen LogP contribution in [0.25, 0.3) is 27.0 Å². The van der Waals surface area contributed by atoms with E-state index in [4.69, 9.17) is 16.6 Å². The van der Waals surface area contributed by atoms with Crippen LogP contribution >= 0.6 is 22.9 Å². The molecular formula is C56H62ClN9O5S. The molecule has 374 valence electrons. The van der Waals surface area contributed by atoms with Gasteiger partial charge in [-0.15, -0.1) is 16.4 Å². The van der Waals surface area contributed by atoms with Gasteiger partial charge >= 0.3 is 0 Å². The number of β-amino-alcohol motifs (C(OH)–C–C–N with tert-alkyl or cyclic N) is 1. The summed E-state index contributed by atoms with van der Waals surface area (Å²) in [5.74, 6) is 0.771. The molecule has 3 aromatic carbocycles. The van der Waals surface area contributed by atoms with Crippen LogP contribution in [-0.2, 0) is 25.2 Å². The molecule has 1 spiro atoms. The van der Waals surface area contributed by atoms with Crippen LogP contribution in [0, 0.1) is 17.8 Å². The fourth-order valence-corrected chi connectivity index (χ4v) is 14.9. The number of aliphatic hydroxyl groups is 1. The van der Waals surface area contributed by atoms with Crippen molar-refractivity contribution in [2.45, 2.75) is 146 Å². The predicted molar refractivity (Wildman–Crippen MR) is 276 cm³/mol. The van der Waals surface area contributed by atoms with Crippen molar-refractivity contribution in [3.8, 4) is 16.1 Å². The van der Waals surface area contributed by atoms with Crippen LogP contribution in [-0.4, -0.2) is 93.9 Å².